The lowest BCUT2D eigenvalue weighted by molar-refractivity contribution is -0.127. The standard InChI is InChI=1S/C18H19BrN2O2/c19-15-5-1-14(2-6-15)12-23-16-7-3-13(4-8-16)11-21-10-9-17(21)18(20)22/h1-8,17H,9-12H2,(H2,20,22). The van der Waals surface area contributed by atoms with Crippen molar-refractivity contribution < 1.29 is 9.53 Å². The molecule has 120 valence electrons. The van der Waals surface area contributed by atoms with E-state index < -0.39 is 0 Å². The van der Waals surface area contributed by atoms with Crippen molar-refractivity contribution in [1.82, 2.24) is 4.90 Å². The number of hydrogen-bond acceptors (Lipinski definition) is 3. The average Bonchev–Trinajstić information content (AvgIpc) is 2.51. The highest BCUT2D eigenvalue weighted by Crippen LogP contribution is 2.22. The highest BCUT2D eigenvalue weighted by Gasteiger charge is 2.32. The fourth-order valence-electron chi connectivity index (χ4n) is 2.63. The molecule has 1 atom stereocenters. The lowest BCUT2D eigenvalue weighted by Gasteiger charge is -2.38. The third kappa shape index (κ3) is 4.12. The van der Waals surface area contributed by atoms with E-state index >= 15 is 0 Å². The Labute approximate surface area is 144 Å². The molecule has 0 spiro atoms. The minimum absolute atomic E-state index is 0.108. The maximum atomic E-state index is 11.2. The van der Waals surface area contributed by atoms with Crippen LogP contribution in [0.1, 0.15) is 17.5 Å². The zero-order valence-electron chi connectivity index (χ0n) is 12.7. The van der Waals surface area contributed by atoms with Crippen LogP contribution in [-0.2, 0) is 17.9 Å². The molecule has 23 heavy (non-hydrogen) atoms. The minimum Gasteiger partial charge on any atom is -0.489 e. The van der Waals surface area contributed by atoms with E-state index in [-0.39, 0.29) is 11.9 Å². The van der Waals surface area contributed by atoms with Gasteiger partial charge in [0.05, 0.1) is 6.04 Å². The van der Waals surface area contributed by atoms with Crippen LogP contribution < -0.4 is 10.5 Å². The molecular weight excluding hydrogens is 356 g/mol. The van der Waals surface area contributed by atoms with Gasteiger partial charge in [-0.2, -0.15) is 0 Å². The highest BCUT2D eigenvalue weighted by atomic mass is 79.9. The summed E-state index contributed by atoms with van der Waals surface area (Å²) >= 11 is 3.42. The number of carbonyl (C=O) groups excluding carboxylic acids is 1. The van der Waals surface area contributed by atoms with E-state index in [0.717, 1.165) is 40.9 Å². The van der Waals surface area contributed by atoms with Gasteiger partial charge in [-0.05, 0) is 41.8 Å². The number of primary amides is 1. The molecule has 1 saturated heterocycles. The van der Waals surface area contributed by atoms with Crippen LogP contribution in [0.4, 0.5) is 0 Å². The van der Waals surface area contributed by atoms with Crippen LogP contribution in [-0.4, -0.2) is 23.4 Å². The number of ether oxygens (including phenoxy) is 1. The molecule has 4 nitrogen and oxygen atoms in total. The SMILES string of the molecule is NC(=O)C1CCN1Cc1ccc(OCc2ccc(Br)cc2)cc1. The van der Waals surface area contributed by atoms with Gasteiger partial charge in [-0.25, -0.2) is 0 Å². The Bertz CT molecular complexity index is 670. The average molecular weight is 375 g/mol. The number of hydrogen-bond donors (Lipinski definition) is 1. The van der Waals surface area contributed by atoms with E-state index in [1.54, 1.807) is 0 Å². The molecule has 0 bridgehead atoms. The maximum absolute atomic E-state index is 11.2. The number of halogens is 1. The van der Waals surface area contributed by atoms with Gasteiger partial charge < -0.3 is 10.5 Å². The minimum atomic E-state index is -0.231. The lowest BCUT2D eigenvalue weighted by atomic mass is 10.0. The van der Waals surface area contributed by atoms with Crippen LogP contribution in [0.5, 0.6) is 5.75 Å². The van der Waals surface area contributed by atoms with Crippen molar-refractivity contribution in [1.29, 1.82) is 0 Å². The first-order chi connectivity index (χ1) is 11.1. The van der Waals surface area contributed by atoms with Gasteiger partial charge in [0.15, 0.2) is 0 Å². The zero-order valence-corrected chi connectivity index (χ0v) is 14.3. The van der Waals surface area contributed by atoms with Crippen molar-refractivity contribution in [3.8, 4) is 5.75 Å². The van der Waals surface area contributed by atoms with E-state index in [9.17, 15) is 4.79 Å². The summed E-state index contributed by atoms with van der Waals surface area (Å²) in [6.45, 7) is 2.22. The third-order valence-electron chi connectivity index (χ3n) is 4.09. The molecule has 2 N–H and O–H groups in total. The molecule has 0 radical (unpaired) electrons. The largest absolute Gasteiger partial charge is 0.489 e. The van der Waals surface area contributed by atoms with E-state index in [4.69, 9.17) is 10.5 Å². The van der Waals surface area contributed by atoms with Crippen molar-refractivity contribution in [2.24, 2.45) is 5.73 Å². The van der Waals surface area contributed by atoms with Crippen molar-refractivity contribution in [2.75, 3.05) is 6.54 Å². The Kier molecular flexibility index (Phi) is 4.98. The summed E-state index contributed by atoms with van der Waals surface area (Å²) in [5.41, 5.74) is 7.65. The maximum Gasteiger partial charge on any atom is 0.234 e. The molecule has 3 rings (SSSR count). The molecule has 2 aromatic carbocycles. The second-order valence-corrected chi connectivity index (χ2v) is 6.65. The van der Waals surface area contributed by atoms with Crippen LogP contribution in [0.15, 0.2) is 53.0 Å². The fraction of sp³-hybridized carbons (Fsp3) is 0.278. The molecule has 1 unspecified atom stereocenters. The number of nitrogens with zero attached hydrogens (tertiary/aromatic N) is 1. The first kappa shape index (κ1) is 16.0. The van der Waals surface area contributed by atoms with Gasteiger partial charge in [-0.3, -0.25) is 9.69 Å². The van der Waals surface area contributed by atoms with Crippen LogP contribution in [0.2, 0.25) is 0 Å². The second kappa shape index (κ2) is 7.15. The first-order valence-electron chi connectivity index (χ1n) is 7.61. The lowest BCUT2D eigenvalue weighted by Crippen LogP contribution is -2.54. The normalized spacial score (nSPS) is 17.5. The Morgan fingerprint density at radius 2 is 1.78 bits per heavy atom. The molecule has 1 heterocycles. The van der Waals surface area contributed by atoms with E-state index in [1.165, 1.54) is 0 Å². The van der Waals surface area contributed by atoms with E-state index in [2.05, 4.69) is 20.8 Å². The Morgan fingerprint density at radius 1 is 1.13 bits per heavy atom. The van der Waals surface area contributed by atoms with Crippen molar-refractivity contribution in [3.63, 3.8) is 0 Å². The predicted molar refractivity (Wildman–Crippen MR) is 92.9 cm³/mol. The molecule has 0 aliphatic carbocycles. The molecule has 0 aromatic heterocycles. The quantitative estimate of drug-likeness (QED) is 0.844. The van der Waals surface area contributed by atoms with Crippen molar-refractivity contribution >= 4 is 21.8 Å². The number of likely N-dealkylation sites (tertiary alicyclic amines) is 1. The van der Waals surface area contributed by atoms with Gasteiger partial charge in [0.1, 0.15) is 12.4 Å². The summed E-state index contributed by atoms with van der Waals surface area (Å²) in [4.78, 5) is 13.3. The van der Waals surface area contributed by atoms with Gasteiger partial charge in [0, 0.05) is 17.6 Å². The van der Waals surface area contributed by atoms with Crippen molar-refractivity contribution in [3.05, 3.63) is 64.1 Å². The molecule has 1 aliphatic heterocycles. The smallest absolute Gasteiger partial charge is 0.234 e. The fourth-order valence-corrected chi connectivity index (χ4v) is 2.89. The Balaban J connectivity index is 1.53. The molecule has 1 aliphatic rings. The number of benzene rings is 2. The molecule has 0 saturated carbocycles. The summed E-state index contributed by atoms with van der Waals surface area (Å²) in [5.74, 6) is 0.609. The molecule has 2 aromatic rings. The number of rotatable bonds is 6. The monoisotopic (exact) mass is 374 g/mol. The van der Waals surface area contributed by atoms with Crippen LogP contribution >= 0.6 is 15.9 Å². The second-order valence-electron chi connectivity index (χ2n) is 5.74. The van der Waals surface area contributed by atoms with Gasteiger partial charge in [0.2, 0.25) is 5.91 Å². The zero-order chi connectivity index (χ0) is 16.2. The summed E-state index contributed by atoms with van der Waals surface area (Å²) < 4.78 is 6.85. The van der Waals surface area contributed by atoms with E-state index in [1.807, 2.05) is 48.5 Å². The number of carbonyl (C=O) groups is 1. The van der Waals surface area contributed by atoms with Gasteiger partial charge in [-0.15, -0.1) is 0 Å². The van der Waals surface area contributed by atoms with Gasteiger partial charge >= 0.3 is 0 Å². The summed E-state index contributed by atoms with van der Waals surface area (Å²) in [5, 5.41) is 0. The Morgan fingerprint density at radius 3 is 2.35 bits per heavy atom. The van der Waals surface area contributed by atoms with E-state index in [0.29, 0.717) is 6.61 Å². The van der Waals surface area contributed by atoms with Gasteiger partial charge in [-0.1, -0.05) is 40.2 Å². The third-order valence-corrected chi connectivity index (χ3v) is 4.62. The molecular formula is C18H19BrN2O2. The van der Waals surface area contributed by atoms with Crippen molar-refractivity contribution in [2.45, 2.75) is 25.6 Å². The highest BCUT2D eigenvalue weighted by molar-refractivity contribution is 9.10. The number of amides is 1. The van der Waals surface area contributed by atoms with Crippen LogP contribution in [0, 0.1) is 0 Å². The first-order valence-corrected chi connectivity index (χ1v) is 8.40. The summed E-state index contributed by atoms with van der Waals surface area (Å²) in [7, 11) is 0. The Hall–Kier alpha value is -1.85. The van der Waals surface area contributed by atoms with Gasteiger partial charge in [0.25, 0.3) is 0 Å². The molecule has 1 amide bonds. The summed E-state index contributed by atoms with van der Waals surface area (Å²) in [6, 6.07) is 16.0. The topological polar surface area (TPSA) is 55.6 Å². The molecule has 5 heteroatoms. The summed E-state index contributed by atoms with van der Waals surface area (Å²) in [6.07, 6.45) is 0.865. The van der Waals surface area contributed by atoms with Crippen LogP contribution in [0.3, 0.4) is 0 Å². The van der Waals surface area contributed by atoms with Crippen LogP contribution in [0.25, 0.3) is 0 Å². The number of nitrogens with two attached hydrogens (primary N) is 1. The molecule has 1 fully saturated rings. The predicted octanol–water partition coefficient (Wildman–Crippen LogP) is 3.09.